The van der Waals surface area contributed by atoms with Crippen LogP contribution in [0.4, 0.5) is 4.39 Å². The first-order valence-corrected chi connectivity index (χ1v) is 9.16. The zero-order valence-corrected chi connectivity index (χ0v) is 15.1. The van der Waals surface area contributed by atoms with Crippen LogP contribution in [-0.2, 0) is 27.4 Å². The minimum atomic E-state index is -1.01. The fourth-order valence-corrected chi connectivity index (χ4v) is 3.40. The summed E-state index contributed by atoms with van der Waals surface area (Å²) in [6, 6.07) is 9.13. The first-order chi connectivity index (χ1) is 13.5. The van der Waals surface area contributed by atoms with Crippen molar-refractivity contribution in [3.05, 3.63) is 64.5 Å². The summed E-state index contributed by atoms with van der Waals surface area (Å²) < 4.78 is 23.3. The lowest BCUT2D eigenvalue weighted by atomic mass is 9.73. The van der Waals surface area contributed by atoms with Gasteiger partial charge in [-0.2, -0.15) is 0 Å². The van der Waals surface area contributed by atoms with Gasteiger partial charge in [-0.15, -0.1) is 0 Å². The van der Waals surface area contributed by atoms with Crippen LogP contribution in [0.5, 0.6) is 0 Å². The van der Waals surface area contributed by atoms with Crippen LogP contribution in [0.15, 0.2) is 36.4 Å². The molecular formula is C20H19BFNO5. The SMILES string of the molecule is O=C(CNC(=O)c1ccc2c(c1C1CC1)B(O)OC2)OCc1ccc(F)cc1. The number of benzene rings is 2. The van der Waals surface area contributed by atoms with Crippen LogP contribution in [0.3, 0.4) is 0 Å². The molecule has 2 aliphatic rings. The molecular weight excluding hydrogens is 364 g/mol. The highest BCUT2D eigenvalue weighted by Crippen LogP contribution is 2.42. The maximum absolute atomic E-state index is 12.9. The minimum absolute atomic E-state index is 0.00465. The monoisotopic (exact) mass is 383 g/mol. The van der Waals surface area contributed by atoms with Gasteiger partial charge in [0, 0.05) is 5.56 Å². The highest BCUT2D eigenvalue weighted by Gasteiger charge is 2.38. The van der Waals surface area contributed by atoms with E-state index in [0.29, 0.717) is 23.2 Å². The molecule has 0 saturated heterocycles. The molecule has 4 rings (SSSR count). The average Bonchev–Trinajstić information content (AvgIpc) is 3.47. The molecule has 8 heteroatoms. The Morgan fingerprint density at radius 2 is 1.96 bits per heavy atom. The number of hydrogen-bond acceptors (Lipinski definition) is 5. The Kier molecular flexibility index (Phi) is 5.15. The lowest BCUT2D eigenvalue weighted by Crippen LogP contribution is -2.36. The predicted octanol–water partition coefficient (Wildman–Crippen LogP) is 1.39. The van der Waals surface area contributed by atoms with Crippen LogP contribution >= 0.6 is 0 Å². The minimum Gasteiger partial charge on any atom is -0.460 e. The Morgan fingerprint density at radius 1 is 1.21 bits per heavy atom. The smallest absolute Gasteiger partial charge is 0.460 e. The standard InChI is InChI=1S/C20H19BFNO5/c22-15-6-1-12(2-7-15)10-27-17(24)9-23-20(25)16-8-5-14-11-28-21(26)19(14)18(16)13-3-4-13/h1-2,5-8,13,26H,3-4,9-11H2,(H,23,25). The van der Waals surface area contributed by atoms with E-state index in [0.717, 1.165) is 24.0 Å². The number of nitrogens with one attached hydrogen (secondary N) is 1. The number of hydrogen-bond donors (Lipinski definition) is 2. The number of rotatable bonds is 6. The van der Waals surface area contributed by atoms with Gasteiger partial charge in [0.05, 0.1) is 6.61 Å². The molecule has 1 heterocycles. The molecule has 2 aromatic carbocycles. The van der Waals surface area contributed by atoms with E-state index in [4.69, 9.17) is 9.39 Å². The van der Waals surface area contributed by atoms with Crippen molar-refractivity contribution in [3.63, 3.8) is 0 Å². The van der Waals surface area contributed by atoms with Gasteiger partial charge in [0.2, 0.25) is 0 Å². The van der Waals surface area contributed by atoms with E-state index in [9.17, 15) is 19.0 Å². The number of ether oxygens (including phenoxy) is 1. The fraction of sp³-hybridized carbons (Fsp3) is 0.300. The molecule has 0 bridgehead atoms. The Balaban J connectivity index is 1.38. The van der Waals surface area contributed by atoms with Crippen molar-refractivity contribution < 1.29 is 28.4 Å². The van der Waals surface area contributed by atoms with E-state index in [1.54, 1.807) is 12.1 Å². The van der Waals surface area contributed by atoms with Crippen molar-refractivity contribution in [3.8, 4) is 0 Å². The van der Waals surface area contributed by atoms with Crippen LogP contribution in [0.1, 0.15) is 45.8 Å². The van der Waals surface area contributed by atoms with E-state index < -0.39 is 13.1 Å². The zero-order valence-electron chi connectivity index (χ0n) is 15.1. The van der Waals surface area contributed by atoms with Gasteiger partial charge in [-0.05, 0) is 59.1 Å². The molecule has 0 unspecified atom stereocenters. The number of carbonyl (C=O) groups excluding carboxylic acids is 2. The molecule has 1 fully saturated rings. The van der Waals surface area contributed by atoms with Crippen LogP contribution in [-0.4, -0.2) is 30.6 Å². The highest BCUT2D eigenvalue weighted by molar-refractivity contribution is 6.62. The Bertz CT molecular complexity index is 914. The quantitative estimate of drug-likeness (QED) is 0.582. The van der Waals surface area contributed by atoms with Gasteiger partial charge in [-0.3, -0.25) is 9.59 Å². The van der Waals surface area contributed by atoms with Gasteiger partial charge < -0.3 is 19.7 Å². The van der Waals surface area contributed by atoms with E-state index >= 15 is 0 Å². The summed E-state index contributed by atoms with van der Waals surface area (Å²) in [5.41, 5.74) is 3.51. The predicted molar refractivity (Wildman–Crippen MR) is 99.3 cm³/mol. The number of amides is 1. The largest absolute Gasteiger partial charge is 0.492 e. The normalized spacial score (nSPS) is 15.3. The third-order valence-corrected chi connectivity index (χ3v) is 4.96. The average molecular weight is 383 g/mol. The molecule has 0 aromatic heterocycles. The molecule has 2 N–H and O–H groups in total. The summed E-state index contributed by atoms with van der Waals surface area (Å²) in [6.07, 6.45) is 1.92. The molecule has 28 heavy (non-hydrogen) atoms. The summed E-state index contributed by atoms with van der Waals surface area (Å²) in [5.74, 6) is -1.10. The number of fused-ring (bicyclic) bond motifs is 1. The molecule has 144 valence electrons. The lowest BCUT2D eigenvalue weighted by molar-refractivity contribution is -0.143. The Labute approximate surface area is 161 Å². The van der Waals surface area contributed by atoms with E-state index in [2.05, 4.69) is 5.32 Å². The maximum Gasteiger partial charge on any atom is 0.492 e. The second kappa shape index (κ2) is 7.73. The van der Waals surface area contributed by atoms with Crippen molar-refractivity contribution in [2.45, 2.75) is 32.0 Å². The highest BCUT2D eigenvalue weighted by atomic mass is 19.1. The summed E-state index contributed by atoms with van der Waals surface area (Å²) in [6.45, 7) is 0.0544. The summed E-state index contributed by atoms with van der Waals surface area (Å²) >= 11 is 0. The van der Waals surface area contributed by atoms with Gasteiger partial charge in [0.15, 0.2) is 0 Å². The number of carbonyl (C=O) groups is 2. The molecule has 1 saturated carbocycles. The summed E-state index contributed by atoms with van der Waals surface area (Å²) in [7, 11) is -1.01. The van der Waals surface area contributed by atoms with Crippen LogP contribution in [0, 0.1) is 5.82 Å². The first kappa shape index (κ1) is 18.6. The van der Waals surface area contributed by atoms with Gasteiger partial charge in [0.25, 0.3) is 5.91 Å². The van der Waals surface area contributed by atoms with Crippen molar-refractivity contribution in [1.82, 2.24) is 5.32 Å². The Hall–Kier alpha value is -2.71. The molecule has 1 aliphatic heterocycles. The maximum atomic E-state index is 12.9. The van der Waals surface area contributed by atoms with Crippen molar-refractivity contribution in [2.24, 2.45) is 0 Å². The lowest BCUT2D eigenvalue weighted by Gasteiger charge is -2.14. The van der Waals surface area contributed by atoms with E-state index in [1.165, 1.54) is 24.3 Å². The van der Waals surface area contributed by atoms with Gasteiger partial charge in [-0.25, -0.2) is 4.39 Å². The molecule has 6 nitrogen and oxygen atoms in total. The fourth-order valence-electron chi connectivity index (χ4n) is 3.40. The van der Waals surface area contributed by atoms with Gasteiger partial charge in [0.1, 0.15) is 19.0 Å². The zero-order chi connectivity index (χ0) is 19.7. The first-order valence-electron chi connectivity index (χ1n) is 9.16. The molecule has 1 amide bonds. The summed E-state index contributed by atoms with van der Waals surface area (Å²) in [5, 5.41) is 12.7. The van der Waals surface area contributed by atoms with Crippen molar-refractivity contribution in [2.75, 3.05) is 6.54 Å². The number of esters is 1. The second-order valence-corrected chi connectivity index (χ2v) is 7.01. The third-order valence-electron chi connectivity index (χ3n) is 4.96. The molecule has 0 radical (unpaired) electrons. The van der Waals surface area contributed by atoms with E-state index in [-0.39, 0.29) is 30.8 Å². The molecule has 1 aliphatic carbocycles. The van der Waals surface area contributed by atoms with Crippen LogP contribution in [0.25, 0.3) is 0 Å². The molecule has 0 spiro atoms. The molecule has 0 atom stereocenters. The number of halogens is 1. The third kappa shape index (κ3) is 3.93. The molecule has 2 aromatic rings. The second-order valence-electron chi connectivity index (χ2n) is 7.01. The van der Waals surface area contributed by atoms with E-state index in [1.807, 2.05) is 0 Å². The topological polar surface area (TPSA) is 84.9 Å². The van der Waals surface area contributed by atoms with Gasteiger partial charge >= 0.3 is 13.1 Å². The Morgan fingerprint density at radius 3 is 2.68 bits per heavy atom. The van der Waals surface area contributed by atoms with Crippen LogP contribution < -0.4 is 10.8 Å². The van der Waals surface area contributed by atoms with Crippen molar-refractivity contribution >= 4 is 24.5 Å². The van der Waals surface area contributed by atoms with Gasteiger partial charge in [-0.1, -0.05) is 18.2 Å². The van der Waals surface area contributed by atoms with Crippen molar-refractivity contribution in [1.29, 1.82) is 0 Å². The summed E-state index contributed by atoms with van der Waals surface area (Å²) in [4.78, 5) is 24.6. The van der Waals surface area contributed by atoms with Crippen LogP contribution in [0.2, 0.25) is 0 Å².